The first-order chi connectivity index (χ1) is 11.2. The van der Waals surface area contributed by atoms with Crippen LogP contribution in [0.15, 0.2) is 46.9 Å². The molecule has 0 spiro atoms. The third-order valence-electron chi connectivity index (χ3n) is 3.16. The lowest BCUT2D eigenvalue weighted by Crippen LogP contribution is -1.98. The number of benzene rings is 2. The molecule has 6 nitrogen and oxygen atoms in total. The number of ether oxygens (including phenoxy) is 2. The van der Waals surface area contributed by atoms with Gasteiger partial charge in [-0.15, -0.1) is 5.10 Å². The Balaban J connectivity index is 1.78. The van der Waals surface area contributed by atoms with Crippen LogP contribution in [0.2, 0.25) is 5.02 Å². The summed E-state index contributed by atoms with van der Waals surface area (Å²) in [5.74, 6) is 1.50. The number of hydrogen-bond acceptors (Lipinski definition) is 6. The number of aromatic nitrogens is 2. The molecule has 2 aromatic carbocycles. The van der Waals surface area contributed by atoms with Crippen molar-refractivity contribution in [3.8, 4) is 23.0 Å². The SMILES string of the molecule is COc1cc(-c2nnc(N)o2)ccc1OCc1ccc(Cl)cc1. The number of rotatable bonds is 5. The van der Waals surface area contributed by atoms with Crippen molar-refractivity contribution in [2.75, 3.05) is 12.8 Å². The van der Waals surface area contributed by atoms with Crippen molar-refractivity contribution in [3.05, 3.63) is 53.1 Å². The minimum Gasteiger partial charge on any atom is -0.493 e. The molecule has 7 heteroatoms. The van der Waals surface area contributed by atoms with Crippen LogP contribution in [0, 0.1) is 0 Å². The van der Waals surface area contributed by atoms with E-state index in [0.29, 0.717) is 34.6 Å². The summed E-state index contributed by atoms with van der Waals surface area (Å²) in [6.07, 6.45) is 0. The Bertz CT molecular complexity index is 803. The Labute approximate surface area is 137 Å². The molecule has 0 aliphatic rings. The maximum absolute atomic E-state index is 5.86. The van der Waals surface area contributed by atoms with Gasteiger partial charge in [0, 0.05) is 10.6 Å². The van der Waals surface area contributed by atoms with Gasteiger partial charge >= 0.3 is 6.01 Å². The van der Waals surface area contributed by atoms with Gasteiger partial charge in [0.25, 0.3) is 0 Å². The quantitative estimate of drug-likeness (QED) is 0.769. The van der Waals surface area contributed by atoms with Gasteiger partial charge in [-0.05, 0) is 35.9 Å². The second-order valence-electron chi connectivity index (χ2n) is 4.73. The molecule has 0 bridgehead atoms. The maximum atomic E-state index is 5.86. The predicted molar refractivity (Wildman–Crippen MR) is 86.5 cm³/mol. The number of nitrogens with two attached hydrogens (primary N) is 1. The van der Waals surface area contributed by atoms with E-state index in [1.807, 2.05) is 24.3 Å². The fourth-order valence-electron chi connectivity index (χ4n) is 2.01. The van der Waals surface area contributed by atoms with E-state index in [1.54, 1.807) is 25.3 Å². The van der Waals surface area contributed by atoms with Crippen molar-refractivity contribution in [1.82, 2.24) is 10.2 Å². The van der Waals surface area contributed by atoms with Crippen LogP contribution >= 0.6 is 11.6 Å². The number of hydrogen-bond donors (Lipinski definition) is 1. The molecule has 2 N–H and O–H groups in total. The number of nitrogens with zero attached hydrogens (tertiary/aromatic N) is 2. The van der Waals surface area contributed by atoms with Crippen molar-refractivity contribution < 1.29 is 13.9 Å². The first-order valence-corrected chi connectivity index (χ1v) is 7.18. The van der Waals surface area contributed by atoms with E-state index in [-0.39, 0.29) is 6.01 Å². The van der Waals surface area contributed by atoms with Gasteiger partial charge in [0.05, 0.1) is 7.11 Å². The molecular formula is C16H14ClN3O3. The van der Waals surface area contributed by atoms with E-state index in [2.05, 4.69) is 10.2 Å². The molecular weight excluding hydrogens is 318 g/mol. The Morgan fingerprint density at radius 3 is 2.52 bits per heavy atom. The van der Waals surface area contributed by atoms with Crippen molar-refractivity contribution in [2.45, 2.75) is 6.61 Å². The van der Waals surface area contributed by atoms with Crippen LogP contribution in [0.3, 0.4) is 0 Å². The molecule has 0 amide bonds. The van der Waals surface area contributed by atoms with Crippen LogP contribution in [-0.4, -0.2) is 17.3 Å². The third-order valence-corrected chi connectivity index (χ3v) is 3.41. The Morgan fingerprint density at radius 2 is 1.87 bits per heavy atom. The summed E-state index contributed by atoms with van der Waals surface area (Å²) >= 11 is 5.86. The molecule has 118 valence electrons. The number of anilines is 1. The van der Waals surface area contributed by atoms with Crippen LogP contribution in [0.5, 0.6) is 11.5 Å². The van der Waals surface area contributed by atoms with E-state index in [0.717, 1.165) is 5.56 Å². The fraction of sp³-hybridized carbons (Fsp3) is 0.125. The largest absolute Gasteiger partial charge is 0.493 e. The second-order valence-corrected chi connectivity index (χ2v) is 5.16. The first-order valence-electron chi connectivity index (χ1n) is 6.80. The summed E-state index contributed by atoms with van der Waals surface area (Å²) in [6.45, 7) is 0.403. The number of nitrogen functional groups attached to an aromatic ring is 1. The average Bonchev–Trinajstić information content (AvgIpc) is 3.00. The molecule has 0 saturated heterocycles. The molecule has 23 heavy (non-hydrogen) atoms. The van der Waals surface area contributed by atoms with Crippen molar-refractivity contribution in [3.63, 3.8) is 0 Å². The predicted octanol–water partition coefficient (Wildman–Crippen LogP) is 3.56. The highest BCUT2D eigenvalue weighted by Crippen LogP contribution is 2.32. The topological polar surface area (TPSA) is 83.4 Å². The van der Waals surface area contributed by atoms with E-state index in [9.17, 15) is 0 Å². The van der Waals surface area contributed by atoms with E-state index in [1.165, 1.54) is 0 Å². The minimum absolute atomic E-state index is 0.0158. The van der Waals surface area contributed by atoms with Gasteiger partial charge in [-0.3, -0.25) is 0 Å². The Kier molecular flexibility index (Phi) is 4.34. The molecule has 0 unspecified atom stereocenters. The zero-order valence-corrected chi connectivity index (χ0v) is 13.1. The normalized spacial score (nSPS) is 10.5. The minimum atomic E-state index is 0.0158. The standard InChI is InChI=1S/C16H14ClN3O3/c1-21-14-8-11(15-19-20-16(18)23-15)4-7-13(14)22-9-10-2-5-12(17)6-3-10/h2-8H,9H2,1H3,(H2,18,20). The van der Waals surface area contributed by atoms with E-state index >= 15 is 0 Å². The maximum Gasteiger partial charge on any atom is 0.313 e. The smallest absolute Gasteiger partial charge is 0.313 e. The lowest BCUT2D eigenvalue weighted by molar-refractivity contribution is 0.284. The van der Waals surface area contributed by atoms with E-state index in [4.69, 9.17) is 31.2 Å². The summed E-state index contributed by atoms with van der Waals surface area (Å²) < 4.78 is 16.3. The van der Waals surface area contributed by atoms with Gasteiger partial charge in [0.2, 0.25) is 5.89 Å². The molecule has 1 aromatic heterocycles. The van der Waals surface area contributed by atoms with Crippen LogP contribution in [-0.2, 0) is 6.61 Å². The highest BCUT2D eigenvalue weighted by atomic mass is 35.5. The molecule has 3 aromatic rings. The van der Waals surface area contributed by atoms with Crippen LogP contribution < -0.4 is 15.2 Å². The zero-order valence-electron chi connectivity index (χ0n) is 12.3. The van der Waals surface area contributed by atoms with Crippen molar-refractivity contribution in [1.29, 1.82) is 0 Å². The highest BCUT2D eigenvalue weighted by molar-refractivity contribution is 6.30. The number of halogens is 1. The fourth-order valence-corrected chi connectivity index (χ4v) is 2.14. The molecule has 1 heterocycles. The van der Waals surface area contributed by atoms with E-state index < -0.39 is 0 Å². The zero-order chi connectivity index (χ0) is 16.2. The average molecular weight is 332 g/mol. The highest BCUT2D eigenvalue weighted by Gasteiger charge is 2.11. The Morgan fingerprint density at radius 1 is 1.09 bits per heavy atom. The van der Waals surface area contributed by atoms with Gasteiger partial charge in [0.1, 0.15) is 6.61 Å². The summed E-state index contributed by atoms with van der Waals surface area (Å²) in [5, 5.41) is 8.16. The lowest BCUT2D eigenvalue weighted by Gasteiger charge is -2.11. The molecule has 0 aliphatic heterocycles. The monoisotopic (exact) mass is 331 g/mol. The van der Waals surface area contributed by atoms with Crippen LogP contribution in [0.1, 0.15) is 5.56 Å². The molecule has 0 aliphatic carbocycles. The lowest BCUT2D eigenvalue weighted by atomic mass is 10.2. The molecule has 0 atom stereocenters. The number of methoxy groups -OCH3 is 1. The van der Waals surface area contributed by atoms with Gasteiger partial charge in [-0.25, -0.2) is 0 Å². The Hall–Kier alpha value is -2.73. The summed E-state index contributed by atoms with van der Waals surface area (Å²) in [6, 6.07) is 12.8. The van der Waals surface area contributed by atoms with Gasteiger partial charge in [0.15, 0.2) is 11.5 Å². The summed E-state index contributed by atoms with van der Waals surface area (Å²) in [7, 11) is 1.57. The van der Waals surface area contributed by atoms with Gasteiger partial charge in [-0.1, -0.05) is 28.8 Å². The van der Waals surface area contributed by atoms with Gasteiger partial charge < -0.3 is 19.6 Å². The molecule has 0 fully saturated rings. The molecule has 0 radical (unpaired) electrons. The second kappa shape index (κ2) is 6.58. The van der Waals surface area contributed by atoms with Crippen LogP contribution in [0.25, 0.3) is 11.5 Å². The summed E-state index contributed by atoms with van der Waals surface area (Å²) in [5.41, 5.74) is 7.14. The molecule has 0 saturated carbocycles. The van der Waals surface area contributed by atoms with Gasteiger partial charge in [-0.2, -0.15) is 0 Å². The first kappa shape index (κ1) is 15.2. The van der Waals surface area contributed by atoms with Crippen molar-refractivity contribution >= 4 is 17.6 Å². The molecule has 3 rings (SSSR count). The third kappa shape index (κ3) is 3.54. The van der Waals surface area contributed by atoms with Crippen molar-refractivity contribution in [2.24, 2.45) is 0 Å². The summed E-state index contributed by atoms with van der Waals surface area (Å²) in [4.78, 5) is 0. The van der Waals surface area contributed by atoms with Crippen LogP contribution in [0.4, 0.5) is 6.01 Å².